The van der Waals surface area contributed by atoms with Gasteiger partial charge >= 0.3 is 5.97 Å². The van der Waals surface area contributed by atoms with Gasteiger partial charge in [0, 0.05) is 0 Å². The number of aliphatic carboxylic acids is 1. The second-order valence-corrected chi connectivity index (χ2v) is 27.9. The Hall–Kier alpha value is -0.570. The maximum Gasteiger partial charge on any atom is 0.309 e. The number of hydrogen-bond acceptors (Lipinski definition) is 2. The number of carboxylic acids is 1. The predicted molar refractivity (Wildman–Crippen MR) is 352 cm³/mol. The second kappa shape index (κ2) is 59.2. The summed E-state index contributed by atoms with van der Waals surface area (Å²) >= 11 is 0. The van der Waals surface area contributed by atoms with Crippen LogP contribution in [0.5, 0.6) is 0 Å². The van der Waals surface area contributed by atoms with Crippen LogP contribution in [0.15, 0.2) is 0 Å². The van der Waals surface area contributed by atoms with Crippen LogP contribution >= 0.6 is 0 Å². The maximum absolute atomic E-state index is 11.9. The van der Waals surface area contributed by atoms with Gasteiger partial charge in [-0.25, -0.2) is 0 Å². The molecule has 0 aromatic carbocycles. The Morgan fingerprint density at radius 3 is 0.620 bits per heavy atom. The van der Waals surface area contributed by atoms with Crippen LogP contribution < -0.4 is 0 Å². The van der Waals surface area contributed by atoms with E-state index < -0.39 is 18.0 Å². The summed E-state index contributed by atoms with van der Waals surface area (Å²) in [5.74, 6) is 3.05. The number of rotatable bonds is 69. The number of aliphatic hydroxyl groups excluding tert-OH is 1. The Morgan fingerprint density at radius 1 is 0.266 bits per heavy atom. The molecular formula is C76H148O3. The van der Waals surface area contributed by atoms with Gasteiger partial charge in [0.1, 0.15) is 0 Å². The van der Waals surface area contributed by atoms with Gasteiger partial charge in [-0.2, -0.15) is 0 Å². The predicted octanol–water partition coefficient (Wildman–Crippen LogP) is 26.7. The Balaban J connectivity index is 1.19. The molecule has 0 saturated heterocycles. The average Bonchev–Trinajstić information content (AvgIpc) is 4.39. The lowest BCUT2D eigenvalue weighted by molar-refractivity contribution is -0.146. The molecule has 0 radical (unpaired) electrons. The molecule has 0 aromatic rings. The molecule has 0 aromatic heterocycles. The molecule has 2 aliphatic carbocycles. The summed E-state index contributed by atoms with van der Waals surface area (Å²) in [5.41, 5.74) is 0. The van der Waals surface area contributed by atoms with Crippen molar-refractivity contribution in [2.24, 2.45) is 29.6 Å². The summed E-state index contributed by atoms with van der Waals surface area (Å²) in [6.45, 7) is 4.61. The van der Waals surface area contributed by atoms with E-state index in [9.17, 15) is 15.0 Å². The highest BCUT2D eigenvalue weighted by Gasteiger charge is 2.36. The van der Waals surface area contributed by atoms with Gasteiger partial charge in [-0.1, -0.05) is 418 Å². The molecule has 0 amide bonds. The van der Waals surface area contributed by atoms with Crippen LogP contribution in [-0.4, -0.2) is 22.3 Å². The summed E-state index contributed by atoms with van der Waals surface area (Å²) < 4.78 is 0. The summed E-state index contributed by atoms with van der Waals surface area (Å²) in [5, 5.41) is 20.5. The molecule has 6 atom stereocenters. The first-order valence-electron chi connectivity index (χ1n) is 38.0. The van der Waals surface area contributed by atoms with E-state index in [1.807, 2.05) is 0 Å². The first kappa shape index (κ1) is 74.5. The summed E-state index contributed by atoms with van der Waals surface area (Å²) in [6.07, 6.45) is 93.0. The van der Waals surface area contributed by atoms with Crippen molar-refractivity contribution < 1.29 is 15.0 Å². The summed E-state index contributed by atoms with van der Waals surface area (Å²) in [4.78, 5) is 11.9. The van der Waals surface area contributed by atoms with Crippen LogP contribution in [0.25, 0.3) is 0 Å². The van der Waals surface area contributed by atoms with Crippen molar-refractivity contribution in [3.8, 4) is 0 Å². The lowest BCUT2D eigenvalue weighted by Gasteiger charge is -2.19. The van der Waals surface area contributed by atoms with Crippen molar-refractivity contribution in [1.29, 1.82) is 0 Å². The number of carboxylic acid groups (broad SMARTS) is 1. The first-order valence-corrected chi connectivity index (χ1v) is 38.0. The number of hydrogen-bond donors (Lipinski definition) is 2. The Kier molecular flexibility index (Phi) is 55.8. The molecule has 470 valence electrons. The molecule has 0 aliphatic heterocycles. The minimum atomic E-state index is -0.797. The Morgan fingerprint density at radius 2 is 0.430 bits per heavy atom. The molecule has 3 heteroatoms. The van der Waals surface area contributed by atoms with E-state index >= 15 is 0 Å². The molecule has 2 rings (SSSR count). The zero-order valence-corrected chi connectivity index (χ0v) is 54.6. The third kappa shape index (κ3) is 51.6. The van der Waals surface area contributed by atoms with Gasteiger partial charge in [-0.3, -0.25) is 4.79 Å². The standard InChI is InChI=1S/C76H148O3/c1-3-5-7-9-11-13-15-17-19-21-22-23-24-28-32-36-40-48-54-60-66-74(76(78)79)75(77)67-61-55-49-41-37-33-29-25-27-31-35-39-45-51-57-63-71-69-73(71)65-59-53-47-43-42-46-52-58-64-72-68-70(72)62-56-50-44-38-34-30-26-20-18-16-14-12-10-8-6-4-2/h70-75,77H,3-69H2,1-2H3,(H,78,79)/t70?,71?,72?,73?,74-,75-/m1/s1. The van der Waals surface area contributed by atoms with Gasteiger partial charge in [0.15, 0.2) is 0 Å². The monoisotopic (exact) mass is 1110 g/mol. The largest absolute Gasteiger partial charge is 0.481 e. The van der Waals surface area contributed by atoms with E-state index in [1.165, 1.54) is 366 Å². The molecule has 2 N–H and O–H groups in total. The Bertz CT molecular complexity index is 1200. The molecule has 0 bridgehead atoms. The van der Waals surface area contributed by atoms with E-state index in [-0.39, 0.29) is 0 Å². The fraction of sp³-hybridized carbons (Fsp3) is 0.987. The van der Waals surface area contributed by atoms with Crippen LogP contribution in [0, 0.1) is 29.6 Å². The molecular weight excluding hydrogens is 961 g/mol. The van der Waals surface area contributed by atoms with Gasteiger partial charge in [-0.15, -0.1) is 0 Å². The molecule has 2 saturated carbocycles. The van der Waals surface area contributed by atoms with Crippen LogP contribution in [0.2, 0.25) is 0 Å². The van der Waals surface area contributed by atoms with Crippen molar-refractivity contribution in [1.82, 2.24) is 0 Å². The number of carbonyl (C=O) groups is 1. The molecule has 2 aliphatic rings. The van der Waals surface area contributed by atoms with Gasteiger partial charge in [0.05, 0.1) is 12.0 Å². The van der Waals surface area contributed by atoms with Crippen molar-refractivity contribution in [2.75, 3.05) is 0 Å². The van der Waals surface area contributed by atoms with Crippen molar-refractivity contribution in [3.05, 3.63) is 0 Å². The quantitative estimate of drug-likeness (QED) is 0.0597. The first-order chi connectivity index (χ1) is 39.1. The SMILES string of the molecule is CCCCCCCCCCCCCCCCCCCCCC[C@@H](C(=O)O)[C@H](O)CCCCCCCCCCCCCCCCCC1CC1CCCCCCCCCCC1CC1CCCCCCCCCCCCCCCCCC. The molecule has 0 heterocycles. The molecule has 2 fully saturated rings. The van der Waals surface area contributed by atoms with Crippen molar-refractivity contribution in [3.63, 3.8) is 0 Å². The highest BCUT2D eigenvalue weighted by atomic mass is 16.4. The lowest BCUT2D eigenvalue weighted by atomic mass is 9.91. The fourth-order valence-corrected chi connectivity index (χ4v) is 14.2. The average molecular weight is 1110 g/mol. The third-order valence-electron chi connectivity index (χ3n) is 20.2. The molecule has 4 unspecified atom stereocenters. The van der Waals surface area contributed by atoms with Crippen LogP contribution in [0.4, 0.5) is 0 Å². The molecule has 3 nitrogen and oxygen atoms in total. The minimum Gasteiger partial charge on any atom is -0.481 e. The van der Waals surface area contributed by atoms with Gasteiger partial charge in [0.2, 0.25) is 0 Å². The lowest BCUT2D eigenvalue weighted by Crippen LogP contribution is -2.28. The van der Waals surface area contributed by atoms with Gasteiger partial charge in [-0.05, 0) is 49.4 Å². The second-order valence-electron chi connectivity index (χ2n) is 27.9. The third-order valence-corrected chi connectivity index (χ3v) is 20.2. The molecule has 79 heavy (non-hydrogen) atoms. The Labute approximate surface area is 498 Å². The van der Waals surface area contributed by atoms with Gasteiger partial charge in [0.25, 0.3) is 0 Å². The topological polar surface area (TPSA) is 57.5 Å². The number of unbranched alkanes of at least 4 members (excludes halogenated alkanes) is 55. The maximum atomic E-state index is 11.9. The van der Waals surface area contributed by atoms with E-state index in [4.69, 9.17) is 0 Å². The highest BCUT2D eigenvalue weighted by molar-refractivity contribution is 5.70. The van der Waals surface area contributed by atoms with E-state index in [2.05, 4.69) is 13.8 Å². The molecule has 0 spiro atoms. The highest BCUT2D eigenvalue weighted by Crippen LogP contribution is 2.47. The number of aliphatic hydroxyl groups is 1. The summed E-state index contributed by atoms with van der Waals surface area (Å²) in [7, 11) is 0. The fourth-order valence-electron chi connectivity index (χ4n) is 14.2. The van der Waals surface area contributed by atoms with E-state index in [1.54, 1.807) is 25.7 Å². The van der Waals surface area contributed by atoms with Crippen molar-refractivity contribution in [2.45, 2.75) is 450 Å². The van der Waals surface area contributed by atoms with Crippen molar-refractivity contribution >= 4 is 5.97 Å². The van der Waals surface area contributed by atoms with Gasteiger partial charge < -0.3 is 10.2 Å². The zero-order chi connectivity index (χ0) is 56.4. The smallest absolute Gasteiger partial charge is 0.309 e. The van der Waals surface area contributed by atoms with Crippen LogP contribution in [0.1, 0.15) is 444 Å². The minimum absolute atomic E-state index is 0.580. The van der Waals surface area contributed by atoms with E-state index in [0.29, 0.717) is 12.8 Å². The summed E-state index contributed by atoms with van der Waals surface area (Å²) in [6, 6.07) is 0. The van der Waals surface area contributed by atoms with E-state index in [0.717, 1.165) is 49.4 Å². The normalized spacial score (nSPS) is 17.7. The van der Waals surface area contributed by atoms with Crippen LogP contribution in [0.3, 0.4) is 0 Å². The zero-order valence-electron chi connectivity index (χ0n) is 54.6. The van der Waals surface area contributed by atoms with Crippen LogP contribution in [-0.2, 0) is 4.79 Å².